The second kappa shape index (κ2) is 11.2. The zero-order chi connectivity index (χ0) is 27.6. The number of benzene rings is 3. The minimum Gasteiger partial charge on any atom is -0.490 e. The predicted octanol–water partition coefficient (Wildman–Crippen LogP) is 6.28. The molecule has 0 radical (unpaired) electrons. The maximum Gasteiger partial charge on any atom is 0.251 e. The van der Waals surface area contributed by atoms with Crippen molar-refractivity contribution in [2.24, 2.45) is 5.92 Å². The van der Waals surface area contributed by atoms with Gasteiger partial charge in [-0.1, -0.05) is 44.2 Å². The number of carbonyl (C=O) groups is 2. The van der Waals surface area contributed by atoms with Crippen molar-refractivity contribution in [1.29, 1.82) is 0 Å². The molecule has 2 amide bonds. The molecule has 7 heteroatoms. The van der Waals surface area contributed by atoms with Gasteiger partial charge >= 0.3 is 0 Å². The summed E-state index contributed by atoms with van der Waals surface area (Å²) in [5, 5.41) is 11.8. The second-order valence-electron chi connectivity index (χ2n) is 11.6. The number of rotatable bonds is 9. The fraction of sp³-hybridized carbons (Fsp3) is 0.364. The van der Waals surface area contributed by atoms with Crippen LogP contribution in [0.4, 0.5) is 0 Å². The van der Waals surface area contributed by atoms with E-state index in [9.17, 15) is 9.59 Å². The third-order valence-corrected chi connectivity index (χ3v) is 8.34. The van der Waals surface area contributed by atoms with Crippen molar-refractivity contribution in [2.45, 2.75) is 70.2 Å². The summed E-state index contributed by atoms with van der Waals surface area (Å²) in [6.07, 6.45) is 5.90. The Morgan fingerprint density at radius 2 is 1.77 bits per heavy atom. The Bertz CT molecular complexity index is 1470. The van der Waals surface area contributed by atoms with Crippen LogP contribution in [0.2, 0.25) is 0 Å². The van der Waals surface area contributed by atoms with Crippen LogP contribution in [-0.2, 0) is 4.79 Å². The summed E-state index contributed by atoms with van der Waals surface area (Å²) in [6.45, 7) is 4.34. The molecule has 2 N–H and O–H groups in total. The molecule has 206 valence electrons. The number of nitrogens with one attached hydrogen (secondary N) is 2. The minimum absolute atomic E-state index is 0.0540. The number of fused-ring (bicyclic) bond motifs is 3. The van der Waals surface area contributed by atoms with Crippen molar-refractivity contribution in [3.8, 4) is 17.0 Å². The Kier molecular flexibility index (Phi) is 7.29. The highest BCUT2D eigenvalue weighted by molar-refractivity contribution is 6.01. The largest absolute Gasteiger partial charge is 0.490 e. The summed E-state index contributed by atoms with van der Waals surface area (Å²) < 4.78 is 6.32. The van der Waals surface area contributed by atoms with Crippen LogP contribution in [0.3, 0.4) is 0 Å². The van der Waals surface area contributed by atoms with Crippen molar-refractivity contribution in [2.75, 3.05) is 0 Å². The van der Waals surface area contributed by atoms with E-state index in [4.69, 9.17) is 4.74 Å². The van der Waals surface area contributed by atoms with E-state index in [1.165, 1.54) is 0 Å². The zero-order valence-electron chi connectivity index (χ0n) is 23.0. The molecule has 7 nitrogen and oxygen atoms in total. The number of ether oxygens (including phenoxy) is 1. The van der Waals surface area contributed by atoms with Gasteiger partial charge in [0.25, 0.3) is 5.91 Å². The maximum atomic E-state index is 13.4. The van der Waals surface area contributed by atoms with Crippen LogP contribution in [0, 0.1) is 5.92 Å². The van der Waals surface area contributed by atoms with Crippen LogP contribution >= 0.6 is 0 Å². The monoisotopic (exact) mass is 536 g/mol. The lowest BCUT2D eigenvalue weighted by atomic mass is 9.96. The molecule has 2 saturated heterocycles. The first kappa shape index (κ1) is 26.1. The number of amides is 2. The lowest BCUT2D eigenvalue weighted by molar-refractivity contribution is -0.123. The lowest BCUT2D eigenvalue weighted by Gasteiger charge is -2.36. The average Bonchev–Trinajstić information content (AvgIpc) is 3.50. The molecule has 0 aliphatic carbocycles. The van der Waals surface area contributed by atoms with Crippen LogP contribution in [0.5, 0.6) is 5.75 Å². The molecule has 2 fully saturated rings. The molecule has 3 aromatic carbocycles. The molecule has 4 aromatic rings. The lowest BCUT2D eigenvalue weighted by Crippen LogP contribution is -2.45. The smallest absolute Gasteiger partial charge is 0.251 e. The number of hydrogen-bond acceptors (Lipinski definition) is 4. The van der Waals surface area contributed by atoms with Gasteiger partial charge in [-0.15, -0.1) is 0 Å². The van der Waals surface area contributed by atoms with E-state index in [1.54, 1.807) is 0 Å². The molecule has 2 unspecified atom stereocenters. The molecule has 40 heavy (non-hydrogen) atoms. The Labute approximate surface area is 234 Å². The molecule has 6 rings (SSSR count). The summed E-state index contributed by atoms with van der Waals surface area (Å²) in [7, 11) is 0. The predicted molar refractivity (Wildman–Crippen MR) is 156 cm³/mol. The molecule has 2 bridgehead atoms. The van der Waals surface area contributed by atoms with Gasteiger partial charge in [-0.05, 0) is 73.2 Å². The Balaban J connectivity index is 1.18. The quantitative estimate of drug-likeness (QED) is 0.247. The van der Waals surface area contributed by atoms with Gasteiger partial charge in [-0.25, -0.2) is 0 Å². The normalized spacial score (nSPS) is 21.0. The van der Waals surface area contributed by atoms with Crippen molar-refractivity contribution in [3.63, 3.8) is 0 Å². The standard InChI is InChI=1S/C33H36N4O3/c1-21(2)16-31(22-6-4-3-5-7-22)34-33(39)24-10-15-30-29(17-24)32(36-35-30)23-8-13-27(14-9-23)40-28-18-25-11-12-26(19-28)37(25)20-38/h3-10,13-15,17,20-21,25-26,28,31H,11-12,16,18-19H2,1-2H3,(H,34,39)(H,35,36)/t25-,26+,28?,31?. The summed E-state index contributed by atoms with van der Waals surface area (Å²) in [6, 6.07) is 24.4. The number of piperidine rings is 1. The van der Waals surface area contributed by atoms with Crippen LogP contribution in [0.25, 0.3) is 22.2 Å². The van der Waals surface area contributed by atoms with E-state index < -0.39 is 0 Å². The molecule has 3 heterocycles. The van der Waals surface area contributed by atoms with Gasteiger partial charge in [-0.2, -0.15) is 5.10 Å². The van der Waals surface area contributed by atoms with E-state index >= 15 is 0 Å². The first-order chi connectivity index (χ1) is 19.5. The van der Waals surface area contributed by atoms with Gasteiger partial charge in [0, 0.05) is 41.4 Å². The van der Waals surface area contributed by atoms with Crippen LogP contribution in [-0.4, -0.2) is 45.6 Å². The molecular formula is C33H36N4O3. The van der Waals surface area contributed by atoms with E-state index in [-0.39, 0.29) is 18.1 Å². The average molecular weight is 537 g/mol. The Morgan fingerprint density at radius 1 is 1.05 bits per heavy atom. The van der Waals surface area contributed by atoms with Gasteiger partial charge in [0.05, 0.1) is 17.3 Å². The van der Waals surface area contributed by atoms with Gasteiger partial charge in [-0.3, -0.25) is 14.7 Å². The minimum atomic E-state index is -0.0955. The molecule has 2 aliphatic heterocycles. The number of nitrogens with zero attached hydrogens (tertiary/aromatic N) is 2. The highest BCUT2D eigenvalue weighted by Gasteiger charge is 2.40. The van der Waals surface area contributed by atoms with Crippen molar-refractivity contribution in [3.05, 3.63) is 83.9 Å². The summed E-state index contributed by atoms with van der Waals surface area (Å²) >= 11 is 0. The topological polar surface area (TPSA) is 87.3 Å². The molecule has 4 atom stereocenters. The molecule has 2 aliphatic rings. The van der Waals surface area contributed by atoms with Gasteiger partial charge in [0.15, 0.2) is 0 Å². The van der Waals surface area contributed by atoms with E-state index in [1.807, 2.05) is 65.6 Å². The number of hydrogen-bond donors (Lipinski definition) is 2. The van der Waals surface area contributed by atoms with E-state index in [0.29, 0.717) is 23.6 Å². The second-order valence-corrected chi connectivity index (χ2v) is 11.6. The Morgan fingerprint density at radius 3 is 2.45 bits per heavy atom. The van der Waals surface area contributed by atoms with Crippen molar-refractivity contribution < 1.29 is 14.3 Å². The number of carbonyl (C=O) groups excluding carboxylic acids is 2. The highest BCUT2D eigenvalue weighted by atomic mass is 16.5. The molecular weight excluding hydrogens is 500 g/mol. The van der Waals surface area contributed by atoms with Crippen LogP contribution in [0.1, 0.15) is 67.9 Å². The van der Waals surface area contributed by atoms with Crippen LogP contribution < -0.4 is 10.1 Å². The third kappa shape index (κ3) is 5.33. The summed E-state index contributed by atoms with van der Waals surface area (Å²) in [5.74, 6) is 1.17. The highest BCUT2D eigenvalue weighted by Crippen LogP contribution is 2.37. The van der Waals surface area contributed by atoms with Gasteiger partial charge in [0.2, 0.25) is 6.41 Å². The zero-order valence-corrected chi connectivity index (χ0v) is 23.0. The summed E-state index contributed by atoms with van der Waals surface area (Å²) in [5.41, 5.74) is 4.35. The van der Waals surface area contributed by atoms with Gasteiger partial charge in [0.1, 0.15) is 11.9 Å². The molecule has 1 aromatic heterocycles. The number of aromatic amines is 1. The Hall–Kier alpha value is -4.13. The first-order valence-corrected chi connectivity index (χ1v) is 14.3. The van der Waals surface area contributed by atoms with Crippen LogP contribution in [0.15, 0.2) is 72.8 Å². The van der Waals surface area contributed by atoms with Crippen molar-refractivity contribution >= 4 is 23.2 Å². The van der Waals surface area contributed by atoms with E-state index in [2.05, 4.69) is 41.5 Å². The number of H-pyrrole nitrogens is 1. The fourth-order valence-electron chi connectivity index (χ4n) is 6.37. The molecule has 0 spiro atoms. The number of aromatic nitrogens is 2. The molecule has 0 saturated carbocycles. The SMILES string of the molecule is CC(C)CC(NC(=O)c1ccc2[nH]nc(-c3ccc(OC4C[C@H]5CC[C@@H](C4)N5C=O)cc3)c2c1)c1ccccc1. The van der Waals surface area contributed by atoms with Crippen molar-refractivity contribution in [1.82, 2.24) is 20.4 Å². The summed E-state index contributed by atoms with van der Waals surface area (Å²) in [4.78, 5) is 26.7. The van der Waals surface area contributed by atoms with E-state index in [0.717, 1.165) is 72.0 Å². The van der Waals surface area contributed by atoms with Gasteiger partial charge < -0.3 is 15.0 Å². The first-order valence-electron chi connectivity index (χ1n) is 14.3. The fourth-order valence-corrected chi connectivity index (χ4v) is 6.37. The third-order valence-electron chi connectivity index (χ3n) is 8.34. The maximum absolute atomic E-state index is 13.4.